The maximum atomic E-state index is 4.94. The van der Waals surface area contributed by atoms with Gasteiger partial charge in [-0.3, -0.25) is 0 Å². The Balaban J connectivity index is 2.94. The molecule has 0 amide bonds. The van der Waals surface area contributed by atoms with Gasteiger partial charge in [-0.15, -0.1) is 0 Å². The van der Waals surface area contributed by atoms with Crippen LogP contribution < -0.4 is 0 Å². The smallest absolute Gasteiger partial charge is 0.0691 e. The van der Waals surface area contributed by atoms with Crippen molar-refractivity contribution in [2.75, 3.05) is 0 Å². The first kappa shape index (κ1) is 17.3. The van der Waals surface area contributed by atoms with Crippen molar-refractivity contribution in [3.05, 3.63) is 0 Å². The molecular weight excluding hydrogens is 228 g/mol. The Bertz CT molecular complexity index is 139. The summed E-state index contributed by atoms with van der Waals surface area (Å²) < 4.78 is 4.94. The normalized spacial score (nSPS) is 12.9. The number of thiol groups is 1. The standard InChI is InChI=1S/C15H32OS/c1-3-4-5-6-7-8-9-10-11-12-13-14-15(2)16-17/h15,17H,3-14H2,1-2H3. The Morgan fingerprint density at radius 1 is 0.765 bits per heavy atom. The van der Waals surface area contributed by atoms with Gasteiger partial charge in [-0.25, -0.2) is 0 Å². The van der Waals surface area contributed by atoms with Crippen molar-refractivity contribution in [3.63, 3.8) is 0 Å². The molecule has 1 atom stereocenters. The summed E-state index contributed by atoms with van der Waals surface area (Å²) in [5, 5.41) is 0. The first-order chi connectivity index (χ1) is 8.31. The van der Waals surface area contributed by atoms with Crippen LogP contribution in [0.3, 0.4) is 0 Å². The van der Waals surface area contributed by atoms with Crippen LogP contribution in [0.1, 0.15) is 90.9 Å². The van der Waals surface area contributed by atoms with Crippen LogP contribution in [0.4, 0.5) is 0 Å². The van der Waals surface area contributed by atoms with Gasteiger partial charge in [-0.1, -0.05) is 77.6 Å². The highest BCUT2D eigenvalue weighted by atomic mass is 32.1. The fraction of sp³-hybridized carbons (Fsp3) is 1.00. The second-order valence-electron chi connectivity index (χ2n) is 5.24. The zero-order chi connectivity index (χ0) is 12.8. The van der Waals surface area contributed by atoms with Gasteiger partial charge in [0.15, 0.2) is 0 Å². The monoisotopic (exact) mass is 260 g/mol. The lowest BCUT2D eigenvalue weighted by molar-refractivity contribution is 0.250. The average molecular weight is 260 g/mol. The maximum Gasteiger partial charge on any atom is 0.0691 e. The second-order valence-corrected chi connectivity index (χ2v) is 5.45. The summed E-state index contributed by atoms with van der Waals surface area (Å²) in [6.07, 6.45) is 16.9. The van der Waals surface area contributed by atoms with Crippen molar-refractivity contribution in [2.45, 2.75) is 97.0 Å². The van der Waals surface area contributed by atoms with Crippen LogP contribution in [0.2, 0.25) is 0 Å². The Morgan fingerprint density at radius 3 is 1.59 bits per heavy atom. The summed E-state index contributed by atoms with van der Waals surface area (Å²) in [5.41, 5.74) is 0. The third-order valence-electron chi connectivity index (χ3n) is 3.39. The highest BCUT2D eigenvalue weighted by Gasteiger charge is 1.99. The molecule has 0 spiro atoms. The predicted molar refractivity (Wildman–Crippen MR) is 80.6 cm³/mol. The predicted octanol–water partition coefficient (Wildman–Crippen LogP) is 5.94. The van der Waals surface area contributed by atoms with Gasteiger partial charge >= 0.3 is 0 Å². The quantitative estimate of drug-likeness (QED) is 0.245. The minimum Gasteiger partial charge on any atom is -0.316 e. The molecule has 2 heteroatoms. The third-order valence-corrected chi connectivity index (χ3v) is 3.75. The lowest BCUT2D eigenvalue weighted by Gasteiger charge is -2.07. The summed E-state index contributed by atoms with van der Waals surface area (Å²) >= 11 is 3.82. The summed E-state index contributed by atoms with van der Waals surface area (Å²) in [4.78, 5) is 0. The highest BCUT2D eigenvalue weighted by Crippen LogP contribution is 2.13. The van der Waals surface area contributed by atoms with E-state index in [0.717, 1.165) is 6.42 Å². The molecule has 1 unspecified atom stereocenters. The van der Waals surface area contributed by atoms with Crippen molar-refractivity contribution >= 4 is 12.9 Å². The molecule has 104 valence electrons. The number of hydrogen-bond acceptors (Lipinski definition) is 2. The third kappa shape index (κ3) is 14.2. The van der Waals surface area contributed by atoms with Crippen molar-refractivity contribution in [1.29, 1.82) is 0 Å². The summed E-state index contributed by atoms with van der Waals surface area (Å²) in [5.74, 6) is 0. The van der Waals surface area contributed by atoms with Crippen LogP contribution in [0.5, 0.6) is 0 Å². The number of rotatable bonds is 13. The van der Waals surface area contributed by atoms with E-state index in [1.54, 1.807) is 0 Å². The molecule has 0 radical (unpaired) electrons. The number of unbranched alkanes of at least 4 members (excludes halogenated alkanes) is 10. The Hall–Kier alpha value is 0.310. The molecule has 1 nitrogen and oxygen atoms in total. The SMILES string of the molecule is CCCCCCCCCCCCCC(C)OS. The first-order valence-corrected chi connectivity index (χ1v) is 7.98. The Morgan fingerprint density at radius 2 is 1.18 bits per heavy atom. The molecule has 0 heterocycles. The van der Waals surface area contributed by atoms with Gasteiger partial charge < -0.3 is 4.18 Å². The minimum atomic E-state index is 0.317. The highest BCUT2D eigenvalue weighted by molar-refractivity contribution is 7.75. The summed E-state index contributed by atoms with van der Waals surface area (Å²) in [7, 11) is 0. The van der Waals surface area contributed by atoms with Gasteiger partial charge in [0, 0.05) is 0 Å². The molecule has 0 aliphatic heterocycles. The fourth-order valence-corrected chi connectivity index (χ4v) is 2.25. The van der Waals surface area contributed by atoms with Crippen molar-refractivity contribution in [2.24, 2.45) is 0 Å². The maximum absolute atomic E-state index is 4.94. The second kappa shape index (κ2) is 14.4. The van der Waals surface area contributed by atoms with E-state index in [1.807, 2.05) is 0 Å². The Labute approximate surface area is 114 Å². The number of hydrogen-bond donors (Lipinski definition) is 1. The molecule has 0 aliphatic rings. The molecule has 0 saturated carbocycles. The van der Waals surface area contributed by atoms with Crippen LogP contribution in [0.15, 0.2) is 0 Å². The lowest BCUT2D eigenvalue weighted by Crippen LogP contribution is -2.00. The largest absolute Gasteiger partial charge is 0.316 e. The van der Waals surface area contributed by atoms with E-state index < -0.39 is 0 Å². The van der Waals surface area contributed by atoms with Gasteiger partial charge in [0.25, 0.3) is 0 Å². The van der Waals surface area contributed by atoms with Crippen LogP contribution in [0.25, 0.3) is 0 Å². The van der Waals surface area contributed by atoms with Gasteiger partial charge in [-0.2, -0.15) is 0 Å². The summed E-state index contributed by atoms with van der Waals surface area (Å²) in [6, 6.07) is 0. The zero-order valence-electron chi connectivity index (χ0n) is 11.9. The van der Waals surface area contributed by atoms with Gasteiger partial charge in [0.05, 0.1) is 6.10 Å². The molecule has 0 bridgehead atoms. The average Bonchev–Trinajstić information content (AvgIpc) is 2.35. The van der Waals surface area contributed by atoms with Crippen LogP contribution >= 0.6 is 12.9 Å². The Kier molecular flexibility index (Phi) is 14.6. The lowest BCUT2D eigenvalue weighted by atomic mass is 10.0. The first-order valence-electron chi connectivity index (χ1n) is 7.61. The van der Waals surface area contributed by atoms with E-state index in [-0.39, 0.29) is 0 Å². The van der Waals surface area contributed by atoms with Crippen LogP contribution in [-0.4, -0.2) is 6.10 Å². The summed E-state index contributed by atoms with van der Waals surface area (Å²) in [6.45, 7) is 4.36. The van der Waals surface area contributed by atoms with E-state index in [9.17, 15) is 0 Å². The minimum absolute atomic E-state index is 0.317. The molecule has 0 aliphatic carbocycles. The van der Waals surface area contributed by atoms with Crippen LogP contribution in [0, 0.1) is 0 Å². The van der Waals surface area contributed by atoms with E-state index in [0.29, 0.717) is 6.10 Å². The zero-order valence-corrected chi connectivity index (χ0v) is 12.8. The molecule has 0 aromatic rings. The van der Waals surface area contributed by atoms with E-state index in [4.69, 9.17) is 4.18 Å². The van der Waals surface area contributed by atoms with Crippen molar-refractivity contribution < 1.29 is 4.18 Å². The molecule has 0 rings (SSSR count). The van der Waals surface area contributed by atoms with E-state index in [1.165, 1.54) is 70.6 Å². The van der Waals surface area contributed by atoms with E-state index >= 15 is 0 Å². The molecule has 17 heavy (non-hydrogen) atoms. The van der Waals surface area contributed by atoms with Gasteiger partial charge in [0.1, 0.15) is 0 Å². The van der Waals surface area contributed by atoms with Crippen molar-refractivity contribution in [1.82, 2.24) is 0 Å². The van der Waals surface area contributed by atoms with Gasteiger partial charge in [0.2, 0.25) is 0 Å². The molecule has 0 fully saturated rings. The molecule has 0 N–H and O–H groups in total. The van der Waals surface area contributed by atoms with Gasteiger partial charge in [-0.05, 0) is 26.3 Å². The fourth-order valence-electron chi connectivity index (χ4n) is 2.15. The molecule has 0 aromatic heterocycles. The molecule has 0 aromatic carbocycles. The topological polar surface area (TPSA) is 9.23 Å². The van der Waals surface area contributed by atoms with E-state index in [2.05, 4.69) is 26.8 Å². The molecular formula is C15H32OS. The molecule has 0 saturated heterocycles. The van der Waals surface area contributed by atoms with Crippen LogP contribution in [-0.2, 0) is 4.18 Å². The van der Waals surface area contributed by atoms with Crippen molar-refractivity contribution in [3.8, 4) is 0 Å².